The number of ether oxygens (including phenoxy) is 4. The molecule has 1 aromatic heterocycles. The molecule has 0 fully saturated rings. The van der Waals surface area contributed by atoms with E-state index in [-0.39, 0.29) is 29.8 Å². The number of hydrogen-bond donors (Lipinski definition) is 0. The first-order valence-corrected chi connectivity index (χ1v) is 11.7. The lowest BCUT2D eigenvalue weighted by Crippen LogP contribution is -2.11. The van der Waals surface area contributed by atoms with Gasteiger partial charge in [0.25, 0.3) is 0 Å². The first-order chi connectivity index (χ1) is 15.9. The molecule has 2 aromatic carbocycles. The summed E-state index contributed by atoms with van der Waals surface area (Å²) in [6, 6.07) is 10.3. The van der Waals surface area contributed by atoms with Gasteiger partial charge in [0.1, 0.15) is 11.4 Å². The number of pyridine rings is 1. The average molecular weight is 516 g/mol. The maximum atomic E-state index is 13.4. The fourth-order valence-corrected chi connectivity index (χ4v) is 3.50. The van der Waals surface area contributed by atoms with Gasteiger partial charge in [-0.1, -0.05) is 28.1 Å². The SMILES string of the molecule is CCOC(=O)c1cnc(C(=O)c2cccc(OC(C)C)c2)c2cc(OC)c(OCCBr)cc12. The number of nitrogens with zero attached hydrogens (tertiary/aromatic N) is 1. The number of carbonyl (C=O) groups is 2. The number of carbonyl (C=O) groups excluding carboxylic acids is 2. The number of benzene rings is 2. The fourth-order valence-electron chi connectivity index (χ4n) is 3.34. The Morgan fingerprint density at radius 1 is 1.09 bits per heavy atom. The highest BCUT2D eigenvalue weighted by atomic mass is 79.9. The van der Waals surface area contributed by atoms with Crippen LogP contribution in [0.15, 0.2) is 42.6 Å². The molecule has 0 radical (unpaired) electrons. The van der Waals surface area contributed by atoms with Gasteiger partial charge in [-0.3, -0.25) is 9.78 Å². The van der Waals surface area contributed by atoms with Crippen LogP contribution in [0.2, 0.25) is 0 Å². The molecule has 0 N–H and O–H groups in total. The summed E-state index contributed by atoms with van der Waals surface area (Å²) in [6.07, 6.45) is 1.34. The Labute approximate surface area is 201 Å². The topological polar surface area (TPSA) is 84.0 Å². The van der Waals surface area contributed by atoms with Crippen LogP contribution in [0.4, 0.5) is 0 Å². The highest BCUT2D eigenvalue weighted by Crippen LogP contribution is 2.36. The summed E-state index contributed by atoms with van der Waals surface area (Å²) in [5.74, 6) is 0.634. The predicted octanol–water partition coefficient (Wildman–Crippen LogP) is 5.21. The van der Waals surface area contributed by atoms with E-state index in [2.05, 4.69) is 20.9 Å². The molecule has 33 heavy (non-hydrogen) atoms. The second kappa shape index (κ2) is 11.1. The molecule has 0 atom stereocenters. The van der Waals surface area contributed by atoms with Crippen LogP contribution in [0.3, 0.4) is 0 Å². The van der Waals surface area contributed by atoms with Gasteiger partial charge in [-0.25, -0.2) is 4.79 Å². The van der Waals surface area contributed by atoms with Crippen molar-refractivity contribution in [2.45, 2.75) is 26.9 Å². The van der Waals surface area contributed by atoms with Crippen LogP contribution in [0, 0.1) is 0 Å². The molecule has 8 heteroatoms. The average Bonchev–Trinajstić information content (AvgIpc) is 2.80. The van der Waals surface area contributed by atoms with E-state index in [1.54, 1.807) is 43.3 Å². The monoisotopic (exact) mass is 515 g/mol. The number of rotatable bonds is 10. The van der Waals surface area contributed by atoms with Gasteiger partial charge in [0.2, 0.25) is 5.78 Å². The zero-order valence-electron chi connectivity index (χ0n) is 19.0. The summed E-state index contributed by atoms with van der Waals surface area (Å²) in [7, 11) is 1.51. The molecule has 0 aliphatic rings. The third-order valence-corrected chi connectivity index (χ3v) is 5.01. The van der Waals surface area contributed by atoms with Crippen molar-refractivity contribution in [1.82, 2.24) is 4.98 Å². The largest absolute Gasteiger partial charge is 0.493 e. The number of methoxy groups -OCH3 is 1. The third kappa shape index (κ3) is 5.63. The third-order valence-electron chi connectivity index (χ3n) is 4.68. The van der Waals surface area contributed by atoms with E-state index >= 15 is 0 Å². The second-order valence-corrected chi connectivity index (χ2v) is 8.14. The minimum atomic E-state index is -0.530. The number of alkyl halides is 1. The highest BCUT2D eigenvalue weighted by molar-refractivity contribution is 9.09. The zero-order valence-corrected chi connectivity index (χ0v) is 20.6. The minimum absolute atomic E-state index is 0.0274. The van der Waals surface area contributed by atoms with E-state index in [9.17, 15) is 9.59 Å². The molecule has 0 aliphatic carbocycles. The van der Waals surface area contributed by atoms with Crippen molar-refractivity contribution in [1.29, 1.82) is 0 Å². The van der Waals surface area contributed by atoms with Gasteiger partial charge >= 0.3 is 5.97 Å². The molecule has 0 amide bonds. The summed E-state index contributed by atoms with van der Waals surface area (Å²) < 4.78 is 22.2. The van der Waals surface area contributed by atoms with Crippen LogP contribution in [0.5, 0.6) is 17.2 Å². The van der Waals surface area contributed by atoms with Crippen LogP contribution in [0.25, 0.3) is 10.8 Å². The van der Waals surface area contributed by atoms with Gasteiger partial charge in [0.05, 0.1) is 32.0 Å². The van der Waals surface area contributed by atoms with Crippen molar-refractivity contribution in [2.75, 3.05) is 25.7 Å². The summed E-state index contributed by atoms with van der Waals surface area (Å²) in [5, 5.41) is 1.57. The predicted molar refractivity (Wildman–Crippen MR) is 129 cm³/mol. The van der Waals surface area contributed by atoms with E-state index in [0.29, 0.717) is 45.5 Å². The van der Waals surface area contributed by atoms with Crippen LogP contribution in [0.1, 0.15) is 47.2 Å². The van der Waals surface area contributed by atoms with Gasteiger partial charge in [-0.2, -0.15) is 0 Å². The van der Waals surface area contributed by atoms with Crippen LogP contribution < -0.4 is 14.2 Å². The van der Waals surface area contributed by atoms with Crippen LogP contribution in [-0.4, -0.2) is 48.5 Å². The summed E-state index contributed by atoms with van der Waals surface area (Å²) >= 11 is 3.33. The number of fused-ring (bicyclic) bond motifs is 1. The zero-order chi connectivity index (χ0) is 24.0. The van der Waals surface area contributed by atoms with Gasteiger partial charge in [-0.15, -0.1) is 0 Å². The van der Waals surface area contributed by atoms with Crippen molar-refractivity contribution in [3.63, 3.8) is 0 Å². The molecule has 3 rings (SSSR count). The standard InChI is InChI=1S/C25H26BrNO6/c1-5-31-25(29)20-14-27-23(24(28)16-7-6-8-17(11-16)33-15(2)3)19-13-21(30-4)22(12-18(19)20)32-10-9-26/h6-8,11-15H,5,9-10H2,1-4H3. The molecule has 0 saturated heterocycles. The molecule has 174 valence electrons. The summed E-state index contributed by atoms with van der Waals surface area (Å²) in [4.78, 5) is 30.4. The lowest BCUT2D eigenvalue weighted by Gasteiger charge is -2.15. The number of hydrogen-bond acceptors (Lipinski definition) is 7. The lowest BCUT2D eigenvalue weighted by molar-refractivity contribution is 0.0528. The minimum Gasteiger partial charge on any atom is -0.493 e. The molecular formula is C25H26BrNO6. The molecule has 1 heterocycles. The number of ketones is 1. The summed E-state index contributed by atoms with van der Waals surface area (Å²) in [5.41, 5.74) is 0.848. The van der Waals surface area contributed by atoms with E-state index in [0.717, 1.165) is 0 Å². The first kappa shape index (κ1) is 24.5. The van der Waals surface area contributed by atoms with E-state index in [4.69, 9.17) is 18.9 Å². The van der Waals surface area contributed by atoms with Gasteiger partial charge in [0, 0.05) is 27.9 Å². The molecule has 0 aliphatic heterocycles. The Balaban J connectivity index is 2.18. The molecule has 0 unspecified atom stereocenters. The second-order valence-electron chi connectivity index (χ2n) is 7.35. The Morgan fingerprint density at radius 2 is 1.85 bits per heavy atom. The quantitative estimate of drug-likeness (QED) is 0.208. The van der Waals surface area contributed by atoms with Crippen molar-refractivity contribution in [2.24, 2.45) is 0 Å². The molecule has 0 saturated carbocycles. The number of esters is 1. The van der Waals surface area contributed by atoms with Crippen molar-refractivity contribution < 1.29 is 28.5 Å². The highest BCUT2D eigenvalue weighted by Gasteiger charge is 2.22. The Bertz CT molecular complexity index is 1160. The fraction of sp³-hybridized carbons (Fsp3) is 0.320. The Kier molecular flexibility index (Phi) is 8.27. The molecule has 0 spiro atoms. The Morgan fingerprint density at radius 3 is 2.52 bits per heavy atom. The van der Waals surface area contributed by atoms with E-state index in [1.165, 1.54) is 13.3 Å². The van der Waals surface area contributed by atoms with E-state index in [1.807, 2.05) is 13.8 Å². The molecule has 7 nitrogen and oxygen atoms in total. The van der Waals surface area contributed by atoms with Gasteiger partial charge < -0.3 is 18.9 Å². The van der Waals surface area contributed by atoms with Crippen molar-refractivity contribution in [3.8, 4) is 17.2 Å². The molecular weight excluding hydrogens is 490 g/mol. The Hall–Kier alpha value is -3.13. The van der Waals surface area contributed by atoms with Gasteiger partial charge in [-0.05, 0) is 45.0 Å². The van der Waals surface area contributed by atoms with Gasteiger partial charge in [0.15, 0.2) is 11.5 Å². The summed E-state index contributed by atoms with van der Waals surface area (Å²) in [6.45, 7) is 6.17. The maximum Gasteiger partial charge on any atom is 0.340 e. The molecule has 0 bridgehead atoms. The van der Waals surface area contributed by atoms with Crippen molar-refractivity contribution in [3.05, 3.63) is 59.4 Å². The van der Waals surface area contributed by atoms with Crippen molar-refractivity contribution >= 4 is 38.5 Å². The van der Waals surface area contributed by atoms with E-state index < -0.39 is 5.97 Å². The lowest BCUT2D eigenvalue weighted by atomic mass is 9.99. The first-order valence-electron chi connectivity index (χ1n) is 10.6. The number of aromatic nitrogens is 1. The van der Waals surface area contributed by atoms with Crippen LogP contribution in [-0.2, 0) is 4.74 Å². The normalized spacial score (nSPS) is 10.8. The molecule has 3 aromatic rings. The number of halogens is 1. The smallest absolute Gasteiger partial charge is 0.340 e. The maximum absolute atomic E-state index is 13.4. The van der Waals surface area contributed by atoms with Crippen LogP contribution >= 0.6 is 15.9 Å².